The fourth-order valence-corrected chi connectivity index (χ4v) is 2.08. The first-order chi connectivity index (χ1) is 6.99. The quantitative estimate of drug-likeness (QED) is 0.664. The van der Waals surface area contributed by atoms with Crippen LogP contribution >= 0.6 is 0 Å². The van der Waals surface area contributed by atoms with Crippen molar-refractivity contribution in [1.29, 1.82) is 0 Å². The van der Waals surface area contributed by atoms with Gasteiger partial charge in [-0.2, -0.15) is 0 Å². The molecule has 0 aromatic heterocycles. The maximum Gasteiger partial charge on any atom is 0.148 e. The molecule has 15 heavy (non-hydrogen) atoms. The van der Waals surface area contributed by atoms with Gasteiger partial charge in [-0.15, -0.1) is 0 Å². The molecule has 0 saturated carbocycles. The smallest absolute Gasteiger partial charge is 0.148 e. The van der Waals surface area contributed by atoms with Crippen molar-refractivity contribution in [3.63, 3.8) is 0 Å². The minimum Gasteiger partial charge on any atom is -0.313 e. The van der Waals surface area contributed by atoms with Crippen LogP contribution in [0, 0.1) is 0 Å². The summed E-state index contributed by atoms with van der Waals surface area (Å²) in [6.45, 7) is 4.93. The lowest BCUT2D eigenvalue weighted by molar-refractivity contribution is 0.445. The van der Waals surface area contributed by atoms with Crippen LogP contribution in [0.2, 0.25) is 0 Å². The van der Waals surface area contributed by atoms with Crippen molar-refractivity contribution in [3.8, 4) is 0 Å². The normalized spacial score (nSPS) is 14.1. The Morgan fingerprint density at radius 2 is 1.80 bits per heavy atom. The van der Waals surface area contributed by atoms with E-state index in [2.05, 4.69) is 19.2 Å². The first kappa shape index (κ1) is 14.9. The summed E-state index contributed by atoms with van der Waals surface area (Å²) in [7, 11) is -2.82. The average Bonchev–Trinajstić information content (AvgIpc) is 2.12. The summed E-state index contributed by atoms with van der Waals surface area (Å²) in [6.07, 6.45) is 7.16. The van der Waals surface area contributed by atoms with Gasteiger partial charge in [-0.3, -0.25) is 0 Å². The fraction of sp³-hybridized carbons (Fsp3) is 1.00. The molecule has 92 valence electrons. The van der Waals surface area contributed by atoms with Gasteiger partial charge in [-0.1, -0.05) is 33.1 Å². The third kappa shape index (κ3) is 10.2. The van der Waals surface area contributed by atoms with E-state index in [1.807, 2.05) is 0 Å². The number of sulfone groups is 1. The molecule has 0 aliphatic heterocycles. The van der Waals surface area contributed by atoms with Crippen LogP contribution in [0.1, 0.15) is 46.0 Å². The zero-order chi connectivity index (χ0) is 11.7. The van der Waals surface area contributed by atoms with Crippen LogP contribution in [-0.4, -0.2) is 33.0 Å². The van der Waals surface area contributed by atoms with Gasteiger partial charge in [0.15, 0.2) is 0 Å². The van der Waals surface area contributed by atoms with Gasteiger partial charge in [0.1, 0.15) is 9.84 Å². The molecule has 0 saturated heterocycles. The summed E-state index contributed by atoms with van der Waals surface area (Å²) < 4.78 is 21.9. The van der Waals surface area contributed by atoms with E-state index >= 15 is 0 Å². The van der Waals surface area contributed by atoms with Gasteiger partial charge in [0.05, 0.1) is 5.75 Å². The Balaban J connectivity index is 3.74. The predicted molar refractivity (Wildman–Crippen MR) is 65.9 cm³/mol. The van der Waals surface area contributed by atoms with Crippen molar-refractivity contribution in [2.24, 2.45) is 0 Å². The summed E-state index contributed by atoms with van der Waals surface area (Å²) in [5.41, 5.74) is 0. The topological polar surface area (TPSA) is 46.2 Å². The van der Waals surface area contributed by atoms with Crippen molar-refractivity contribution >= 4 is 9.84 Å². The van der Waals surface area contributed by atoms with Crippen LogP contribution in [0.4, 0.5) is 0 Å². The summed E-state index contributed by atoms with van der Waals surface area (Å²) in [6, 6.07) is 0.497. The third-order valence-corrected chi connectivity index (χ3v) is 3.39. The summed E-state index contributed by atoms with van der Waals surface area (Å²) in [4.78, 5) is 0. The molecule has 1 N–H and O–H groups in total. The van der Waals surface area contributed by atoms with E-state index < -0.39 is 9.84 Å². The summed E-state index contributed by atoms with van der Waals surface area (Å²) in [5, 5.41) is 3.33. The van der Waals surface area contributed by atoms with Crippen molar-refractivity contribution in [2.45, 2.75) is 52.0 Å². The SMILES string of the molecule is CCCCC(CCC)NCCS(C)(=O)=O. The van der Waals surface area contributed by atoms with Crippen molar-refractivity contribution in [2.75, 3.05) is 18.6 Å². The second-order valence-corrected chi connectivity index (χ2v) is 6.47. The first-order valence-corrected chi connectivity index (χ1v) is 7.96. The number of nitrogens with one attached hydrogen (secondary N) is 1. The highest BCUT2D eigenvalue weighted by atomic mass is 32.2. The molecule has 0 spiro atoms. The molecule has 4 heteroatoms. The highest BCUT2D eigenvalue weighted by molar-refractivity contribution is 7.90. The molecule has 1 unspecified atom stereocenters. The van der Waals surface area contributed by atoms with E-state index in [9.17, 15) is 8.42 Å². The summed E-state index contributed by atoms with van der Waals surface area (Å²) in [5.74, 6) is 0.249. The molecule has 0 aromatic rings. The lowest BCUT2D eigenvalue weighted by atomic mass is 10.1. The van der Waals surface area contributed by atoms with Crippen LogP contribution in [0.15, 0.2) is 0 Å². The van der Waals surface area contributed by atoms with Crippen LogP contribution in [-0.2, 0) is 9.84 Å². The Hall–Kier alpha value is -0.0900. The molecule has 1 atom stereocenters. The van der Waals surface area contributed by atoms with Crippen LogP contribution in [0.25, 0.3) is 0 Å². The molecule has 0 aliphatic rings. The number of hydrogen-bond donors (Lipinski definition) is 1. The van der Waals surface area contributed by atoms with Crippen molar-refractivity contribution in [3.05, 3.63) is 0 Å². The molecule has 0 bridgehead atoms. The monoisotopic (exact) mass is 235 g/mol. The highest BCUT2D eigenvalue weighted by Crippen LogP contribution is 2.06. The zero-order valence-corrected chi connectivity index (χ0v) is 11.1. The predicted octanol–water partition coefficient (Wildman–Crippen LogP) is 1.98. The Bertz CT molecular complexity index is 237. The fourth-order valence-electron chi connectivity index (χ4n) is 1.60. The van der Waals surface area contributed by atoms with Gasteiger partial charge in [0, 0.05) is 18.8 Å². The van der Waals surface area contributed by atoms with E-state index in [0.717, 1.165) is 19.3 Å². The van der Waals surface area contributed by atoms with Gasteiger partial charge in [-0.05, 0) is 12.8 Å². The van der Waals surface area contributed by atoms with Gasteiger partial charge in [0.2, 0.25) is 0 Å². The molecule has 3 nitrogen and oxygen atoms in total. The van der Waals surface area contributed by atoms with Gasteiger partial charge in [-0.25, -0.2) is 8.42 Å². The van der Waals surface area contributed by atoms with E-state index in [1.54, 1.807) is 0 Å². The van der Waals surface area contributed by atoms with E-state index in [-0.39, 0.29) is 5.75 Å². The van der Waals surface area contributed by atoms with E-state index in [0.29, 0.717) is 12.6 Å². The van der Waals surface area contributed by atoms with Crippen LogP contribution < -0.4 is 5.32 Å². The second kappa shape index (κ2) is 8.11. The highest BCUT2D eigenvalue weighted by Gasteiger charge is 2.08. The Morgan fingerprint density at radius 3 is 2.27 bits per heavy atom. The van der Waals surface area contributed by atoms with Gasteiger partial charge >= 0.3 is 0 Å². The first-order valence-electron chi connectivity index (χ1n) is 5.90. The standard InChI is InChI=1S/C11H25NO2S/c1-4-6-8-11(7-5-2)12-9-10-15(3,13)14/h11-12H,4-10H2,1-3H3. The van der Waals surface area contributed by atoms with Gasteiger partial charge in [0.25, 0.3) is 0 Å². The average molecular weight is 235 g/mol. The molecule has 0 aromatic carbocycles. The molecule has 0 heterocycles. The number of unbranched alkanes of at least 4 members (excludes halogenated alkanes) is 1. The number of hydrogen-bond acceptors (Lipinski definition) is 3. The molecule has 0 radical (unpaired) electrons. The zero-order valence-electron chi connectivity index (χ0n) is 10.3. The summed E-state index contributed by atoms with van der Waals surface area (Å²) >= 11 is 0. The maximum absolute atomic E-state index is 10.9. The Kier molecular flexibility index (Phi) is 8.06. The molecule has 0 aliphatic carbocycles. The van der Waals surface area contributed by atoms with Crippen molar-refractivity contribution in [1.82, 2.24) is 5.32 Å². The minimum atomic E-state index is -2.82. The third-order valence-electron chi connectivity index (χ3n) is 2.45. The molecular weight excluding hydrogens is 210 g/mol. The Labute approximate surface area is 94.6 Å². The molecule has 0 rings (SSSR count). The van der Waals surface area contributed by atoms with E-state index in [1.165, 1.54) is 19.1 Å². The van der Waals surface area contributed by atoms with E-state index in [4.69, 9.17) is 0 Å². The lowest BCUT2D eigenvalue weighted by Gasteiger charge is -2.17. The largest absolute Gasteiger partial charge is 0.313 e. The van der Waals surface area contributed by atoms with Gasteiger partial charge < -0.3 is 5.32 Å². The minimum absolute atomic E-state index is 0.249. The second-order valence-electron chi connectivity index (χ2n) is 4.21. The maximum atomic E-state index is 10.9. The van der Waals surface area contributed by atoms with Crippen LogP contribution in [0.3, 0.4) is 0 Å². The van der Waals surface area contributed by atoms with Crippen molar-refractivity contribution < 1.29 is 8.42 Å². The van der Waals surface area contributed by atoms with Crippen LogP contribution in [0.5, 0.6) is 0 Å². The molecular formula is C11H25NO2S. The molecule has 0 fully saturated rings. The number of rotatable bonds is 9. The molecule has 0 amide bonds. The lowest BCUT2D eigenvalue weighted by Crippen LogP contribution is -2.32. The Morgan fingerprint density at radius 1 is 1.13 bits per heavy atom.